The largest absolute Gasteiger partial charge is 0.469 e. The Hall–Kier alpha value is -0.810. The fourth-order valence-corrected chi connectivity index (χ4v) is 1.56. The summed E-state index contributed by atoms with van der Waals surface area (Å²) < 4.78 is 10.6. The van der Waals surface area contributed by atoms with Gasteiger partial charge in [-0.05, 0) is 41.9 Å². The van der Waals surface area contributed by atoms with E-state index in [1.807, 2.05) is 0 Å². The lowest BCUT2D eigenvalue weighted by Crippen LogP contribution is -2.37. The molecule has 0 aliphatic carbocycles. The summed E-state index contributed by atoms with van der Waals surface area (Å²) >= 11 is 3.18. The summed E-state index contributed by atoms with van der Waals surface area (Å²) in [6.45, 7) is 3.44. The molecule has 4 nitrogen and oxygen atoms in total. The Kier molecular flexibility index (Phi) is 3.57. The SMILES string of the molecule is COC(=O)C(C)(C)[C@@H](N)c1ccc(Br)o1. The quantitative estimate of drug-likeness (QED) is 0.860. The first kappa shape index (κ1) is 12.3. The van der Waals surface area contributed by atoms with Crippen molar-refractivity contribution in [1.29, 1.82) is 0 Å². The zero-order valence-electron chi connectivity index (χ0n) is 8.91. The minimum atomic E-state index is -0.813. The van der Waals surface area contributed by atoms with E-state index in [-0.39, 0.29) is 5.97 Å². The third-order valence-electron chi connectivity index (χ3n) is 2.39. The minimum Gasteiger partial charge on any atom is -0.469 e. The molecule has 5 heteroatoms. The maximum Gasteiger partial charge on any atom is 0.313 e. The van der Waals surface area contributed by atoms with Crippen molar-refractivity contribution in [2.45, 2.75) is 19.9 Å². The van der Waals surface area contributed by atoms with Crippen LogP contribution in [0.25, 0.3) is 0 Å². The summed E-state index contributed by atoms with van der Waals surface area (Å²) in [6, 6.07) is 2.94. The lowest BCUT2D eigenvalue weighted by atomic mass is 9.83. The highest BCUT2D eigenvalue weighted by molar-refractivity contribution is 9.10. The van der Waals surface area contributed by atoms with Gasteiger partial charge in [0, 0.05) is 0 Å². The molecule has 0 saturated carbocycles. The molecular weight excluding hydrogens is 262 g/mol. The van der Waals surface area contributed by atoms with Gasteiger partial charge in [0.1, 0.15) is 5.76 Å². The standard InChI is InChI=1S/C10H14BrNO3/c1-10(2,9(13)14-3)8(12)6-4-5-7(11)15-6/h4-5,8H,12H2,1-3H3/t8-/m0/s1. The molecular formula is C10H14BrNO3. The first-order chi connectivity index (χ1) is 6.89. The molecule has 0 spiro atoms. The van der Waals surface area contributed by atoms with Gasteiger partial charge in [0.05, 0.1) is 18.6 Å². The van der Waals surface area contributed by atoms with Gasteiger partial charge < -0.3 is 14.9 Å². The van der Waals surface area contributed by atoms with Gasteiger partial charge in [-0.25, -0.2) is 0 Å². The summed E-state index contributed by atoms with van der Waals surface area (Å²) in [5, 5.41) is 0. The van der Waals surface area contributed by atoms with Gasteiger partial charge >= 0.3 is 5.97 Å². The molecule has 0 fully saturated rings. The predicted octanol–water partition coefficient (Wildman–Crippen LogP) is 2.24. The lowest BCUT2D eigenvalue weighted by molar-refractivity contribution is -0.152. The second-order valence-electron chi connectivity index (χ2n) is 3.83. The van der Waals surface area contributed by atoms with Crippen LogP contribution in [0.5, 0.6) is 0 Å². The molecule has 1 rings (SSSR count). The van der Waals surface area contributed by atoms with Crippen LogP contribution in [-0.4, -0.2) is 13.1 Å². The zero-order chi connectivity index (χ0) is 11.6. The Morgan fingerprint density at radius 1 is 1.60 bits per heavy atom. The van der Waals surface area contributed by atoms with Gasteiger partial charge in [-0.1, -0.05) is 0 Å². The van der Waals surface area contributed by atoms with Crippen LogP contribution >= 0.6 is 15.9 Å². The highest BCUT2D eigenvalue weighted by Crippen LogP contribution is 2.34. The molecule has 0 amide bonds. The minimum absolute atomic E-state index is 0.359. The molecule has 0 aromatic carbocycles. The molecule has 1 aromatic heterocycles. The van der Waals surface area contributed by atoms with E-state index in [9.17, 15) is 4.79 Å². The number of carbonyl (C=O) groups excluding carboxylic acids is 1. The smallest absolute Gasteiger partial charge is 0.313 e. The van der Waals surface area contributed by atoms with Gasteiger partial charge in [-0.3, -0.25) is 4.79 Å². The van der Waals surface area contributed by atoms with Crippen molar-refractivity contribution in [2.24, 2.45) is 11.1 Å². The molecule has 0 saturated heterocycles. The van der Waals surface area contributed by atoms with Crippen molar-refractivity contribution in [2.75, 3.05) is 7.11 Å². The van der Waals surface area contributed by atoms with Crippen molar-refractivity contribution in [1.82, 2.24) is 0 Å². The fourth-order valence-electron chi connectivity index (χ4n) is 1.24. The van der Waals surface area contributed by atoms with Gasteiger partial charge in [0.25, 0.3) is 0 Å². The maximum absolute atomic E-state index is 11.5. The predicted molar refractivity (Wildman–Crippen MR) is 59.1 cm³/mol. The second-order valence-corrected chi connectivity index (χ2v) is 4.61. The number of carbonyl (C=O) groups is 1. The van der Waals surface area contributed by atoms with Gasteiger partial charge in [-0.2, -0.15) is 0 Å². The molecule has 0 unspecified atom stereocenters. The maximum atomic E-state index is 11.5. The topological polar surface area (TPSA) is 65.5 Å². The number of methoxy groups -OCH3 is 1. The first-order valence-electron chi connectivity index (χ1n) is 4.49. The lowest BCUT2D eigenvalue weighted by Gasteiger charge is -2.26. The van der Waals surface area contributed by atoms with Crippen molar-refractivity contribution < 1.29 is 13.9 Å². The highest BCUT2D eigenvalue weighted by Gasteiger charge is 2.38. The molecule has 84 valence electrons. The Morgan fingerprint density at radius 3 is 2.60 bits per heavy atom. The van der Waals surface area contributed by atoms with E-state index < -0.39 is 11.5 Å². The Bertz CT molecular complexity index is 359. The Balaban J connectivity index is 2.93. The first-order valence-corrected chi connectivity index (χ1v) is 5.28. The van der Waals surface area contributed by atoms with E-state index in [1.54, 1.807) is 26.0 Å². The highest BCUT2D eigenvalue weighted by atomic mass is 79.9. The molecule has 0 radical (unpaired) electrons. The van der Waals surface area contributed by atoms with Crippen LogP contribution in [0.3, 0.4) is 0 Å². The molecule has 15 heavy (non-hydrogen) atoms. The van der Waals surface area contributed by atoms with Crippen molar-refractivity contribution >= 4 is 21.9 Å². The monoisotopic (exact) mass is 275 g/mol. The van der Waals surface area contributed by atoms with Crippen molar-refractivity contribution in [3.63, 3.8) is 0 Å². The Labute approximate surface area is 96.9 Å². The van der Waals surface area contributed by atoms with Gasteiger partial charge in [-0.15, -0.1) is 0 Å². The second kappa shape index (κ2) is 4.37. The van der Waals surface area contributed by atoms with Crippen molar-refractivity contribution in [3.05, 3.63) is 22.6 Å². The summed E-state index contributed by atoms with van der Waals surface area (Å²) in [7, 11) is 1.34. The number of furan rings is 1. The van der Waals surface area contributed by atoms with Crippen LogP contribution in [0.2, 0.25) is 0 Å². The van der Waals surface area contributed by atoms with E-state index in [2.05, 4.69) is 15.9 Å². The third kappa shape index (κ3) is 2.41. The summed E-state index contributed by atoms with van der Waals surface area (Å²) in [5.74, 6) is 0.194. The summed E-state index contributed by atoms with van der Waals surface area (Å²) in [4.78, 5) is 11.5. The molecule has 1 heterocycles. The van der Waals surface area contributed by atoms with Crippen molar-refractivity contribution in [3.8, 4) is 0 Å². The number of rotatable bonds is 3. The third-order valence-corrected chi connectivity index (χ3v) is 2.82. The number of nitrogens with two attached hydrogens (primary N) is 1. The Morgan fingerprint density at radius 2 is 2.20 bits per heavy atom. The molecule has 0 aliphatic heterocycles. The number of hydrogen-bond donors (Lipinski definition) is 1. The summed E-state index contributed by atoms with van der Waals surface area (Å²) in [6.07, 6.45) is 0. The molecule has 1 atom stereocenters. The van der Waals surface area contributed by atoms with Crippen LogP contribution in [0, 0.1) is 5.41 Å². The molecule has 0 aliphatic rings. The number of ether oxygens (including phenoxy) is 1. The molecule has 2 N–H and O–H groups in total. The molecule has 1 aromatic rings. The zero-order valence-corrected chi connectivity index (χ0v) is 10.5. The van der Waals surface area contributed by atoms with E-state index in [0.29, 0.717) is 10.4 Å². The van der Waals surface area contributed by atoms with Gasteiger partial charge in [0.2, 0.25) is 0 Å². The van der Waals surface area contributed by atoms with Crippen LogP contribution in [0.1, 0.15) is 25.6 Å². The van der Waals surface area contributed by atoms with Crippen LogP contribution in [-0.2, 0) is 9.53 Å². The van der Waals surface area contributed by atoms with E-state index in [1.165, 1.54) is 7.11 Å². The number of esters is 1. The van der Waals surface area contributed by atoms with E-state index >= 15 is 0 Å². The van der Waals surface area contributed by atoms with E-state index in [4.69, 9.17) is 14.9 Å². The van der Waals surface area contributed by atoms with Gasteiger partial charge in [0.15, 0.2) is 4.67 Å². The average Bonchev–Trinajstić information content (AvgIpc) is 2.62. The number of halogens is 1. The molecule has 0 bridgehead atoms. The fraction of sp³-hybridized carbons (Fsp3) is 0.500. The average molecular weight is 276 g/mol. The van der Waals surface area contributed by atoms with Crippen LogP contribution in [0.4, 0.5) is 0 Å². The van der Waals surface area contributed by atoms with Crippen LogP contribution in [0.15, 0.2) is 21.2 Å². The van der Waals surface area contributed by atoms with E-state index in [0.717, 1.165) is 0 Å². The normalized spacial score (nSPS) is 13.7. The summed E-state index contributed by atoms with van der Waals surface area (Å²) in [5.41, 5.74) is 5.13. The number of hydrogen-bond acceptors (Lipinski definition) is 4. The van der Waals surface area contributed by atoms with Crippen LogP contribution < -0.4 is 5.73 Å².